The van der Waals surface area contributed by atoms with Crippen molar-refractivity contribution >= 4 is 17.9 Å². The largest absolute Gasteiger partial charge is 0.357 e. The average Bonchev–Trinajstić information content (AvgIpc) is 2.83. The lowest BCUT2D eigenvalue weighted by atomic mass is 10.1. The molecule has 0 saturated carbocycles. The fraction of sp³-hybridized carbons (Fsp3) is 0.360. The summed E-state index contributed by atoms with van der Waals surface area (Å²) in [6.07, 6.45) is 4.43. The highest BCUT2D eigenvalue weighted by atomic mass is 16.1. The van der Waals surface area contributed by atoms with Crippen LogP contribution in [0.3, 0.4) is 0 Å². The van der Waals surface area contributed by atoms with Gasteiger partial charge < -0.3 is 15.5 Å². The second kappa shape index (κ2) is 11.9. The van der Waals surface area contributed by atoms with Gasteiger partial charge in [-0.1, -0.05) is 54.6 Å². The maximum absolute atomic E-state index is 11.7. The normalized spacial score (nSPS) is 15.3. The van der Waals surface area contributed by atoms with E-state index < -0.39 is 0 Å². The van der Waals surface area contributed by atoms with Crippen LogP contribution in [-0.4, -0.2) is 68.0 Å². The van der Waals surface area contributed by atoms with E-state index in [2.05, 4.69) is 63.8 Å². The third kappa shape index (κ3) is 6.96. The summed E-state index contributed by atoms with van der Waals surface area (Å²) in [7, 11) is 1.64. The van der Waals surface area contributed by atoms with Crippen molar-refractivity contribution in [3.8, 4) is 0 Å². The summed E-state index contributed by atoms with van der Waals surface area (Å²) >= 11 is 0. The molecular formula is C25H33N5O. The molecule has 2 aromatic carbocycles. The predicted octanol–water partition coefficient (Wildman–Crippen LogP) is 2.84. The van der Waals surface area contributed by atoms with Gasteiger partial charge in [0.1, 0.15) is 0 Å². The van der Waals surface area contributed by atoms with Crippen molar-refractivity contribution in [3.63, 3.8) is 0 Å². The van der Waals surface area contributed by atoms with Gasteiger partial charge >= 0.3 is 0 Å². The number of aliphatic imine (C=N–C) groups is 1. The molecule has 1 aliphatic heterocycles. The van der Waals surface area contributed by atoms with E-state index in [4.69, 9.17) is 4.99 Å². The lowest BCUT2D eigenvalue weighted by Gasteiger charge is -2.36. The summed E-state index contributed by atoms with van der Waals surface area (Å²) < 4.78 is 0. The van der Waals surface area contributed by atoms with Gasteiger partial charge in [-0.05, 0) is 30.2 Å². The third-order valence-corrected chi connectivity index (χ3v) is 5.33. The van der Waals surface area contributed by atoms with Gasteiger partial charge in [0.2, 0.25) is 0 Å². The molecule has 0 aromatic heterocycles. The number of nitrogens with one attached hydrogen (secondary N) is 2. The highest BCUT2D eigenvalue weighted by molar-refractivity contribution is 5.93. The Balaban J connectivity index is 1.51. The molecule has 164 valence electrons. The molecule has 3 rings (SSSR count). The van der Waals surface area contributed by atoms with Crippen LogP contribution in [0.1, 0.15) is 28.4 Å². The van der Waals surface area contributed by atoms with E-state index in [0.29, 0.717) is 12.1 Å². The minimum absolute atomic E-state index is 0.0696. The molecule has 0 spiro atoms. The Morgan fingerprint density at radius 1 is 1.03 bits per heavy atom. The van der Waals surface area contributed by atoms with E-state index in [-0.39, 0.29) is 5.91 Å². The fourth-order valence-corrected chi connectivity index (χ4v) is 3.54. The number of benzene rings is 2. The standard InChI is InChI=1S/C25H33N5O/c1-3-27-25(28-20-22-11-13-23(14-12-22)24(31)26-2)30-18-16-29(17-19-30)15-7-10-21-8-5-4-6-9-21/h4-14H,3,15-20H2,1-2H3,(H,26,31)(H,27,28)/b10-7+. The maximum atomic E-state index is 11.7. The molecule has 0 atom stereocenters. The molecule has 0 aliphatic carbocycles. The quantitative estimate of drug-likeness (QED) is 0.535. The van der Waals surface area contributed by atoms with Crippen molar-refractivity contribution in [1.29, 1.82) is 0 Å². The molecule has 6 heteroatoms. The molecule has 1 aliphatic rings. The third-order valence-electron chi connectivity index (χ3n) is 5.33. The molecule has 0 bridgehead atoms. The number of hydrogen-bond donors (Lipinski definition) is 2. The Kier molecular flexibility index (Phi) is 8.67. The smallest absolute Gasteiger partial charge is 0.251 e. The number of nitrogens with zero attached hydrogens (tertiary/aromatic N) is 3. The van der Waals surface area contributed by atoms with Gasteiger partial charge in [-0.3, -0.25) is 9.69 Å². The number of carbonyl (C=O) groups is 1. The van der Waals surface area contributed by atoms with Gasteiger partial charge in [0.05, 0.1) is 6.54 Å². The second-order valence-electron chi connectivity index (χ2n) is 7.55. The van der Waals surface area contributed by atoms with Gasteiger partial charge in [0, 0.05) is 51.9 Å². The topological polar surface area (TPSA) is 60.0 Å². The van der Waals surface area contributed by atoms with Crippen molar-refractivity contribution in [2.45, 2.75) is 13.5 Å². The van der Waals surface area contributed by atoms with E-state index in [9.17, 15) is 4.79 Å². The van der Waals surface area contributed by atoms with Gasteiger partial charge in [-0.25, -0.2) is 4.99 Å². The van der Waals surface area contributed by atoms with Crippen LogP contribution >= 0.6 is 0 Å². The molecule has 1 amide bonds. The van der Waals surface area contributed by atoms with Crippen LogP contribution < -0.4 is 10.6 Å². The summed E-state index contributed by atoms with van der Waals surface area (Å²) in [4.78, 5) is 21.3. The Hall–Kier alpha value is -3.12. The van der Waals surface area contributed by atoms with Crippen molar-refractivity contribution in [2.75, 3.05) is 46.3 Å². The maximum Gasteiger partial charge on any atom is 0.251 e. The molecule has 0 radical (unpaired) electrons. The number of rotatable bonds is 7. The lowest BCUT2D eigenvalue weighted by molar-refractivity contribution is 0.0963. The first kappa shape index (κ1) is 22.6. The van der Waals surface area contributed by atoms with Crippen LogP contribution in [-0.2, 0) is 6.54 Å². The van der Waals surface area contributed by atoms with Crippen LogP contribution in [0, 0.1) is 0 Å². The van der Waals surface area contributed by atoms with Crippen LogP contribution in [0.25, 0.3) is 6.08 Å². The zero-order chi connectivity index (χ0) is 21.9. The zero-order valence-electron chi connectivity index (χ0n) is 18.6. The Labute approximate surface area is 185 Å². The second-order valence-corrected chi connectivity index (χ2v) is 7.55. The molecule has 31 heavy (non-hydrogen) atoms. The number of guanidine groups is 1. The lowest BCUT2D eigenvalue weighted by Crippen LogP contribution is -2.52. The van der Waals surface area contributed by atoms with Gasteiger partial charge in [-0.15, -0.1) is 0 Å². The van der Waals surface area contributed by atoms with Gasteiger partial charge in [0.25, 0.3) is 5.91 Å². The summed E-state index contributed by atoms with van der Waals surface area (Å²) in [5.74, 6) is 0.886. The van der Waals surface area contributed by atoms with Gasteiger partial charge in [0.15, 0.2) is 5.96 Å². The molecule has 6 nitrogen and oxygen atoms in total. The van der Waals surface area contributed by atoms with Crippen LogP contribution in [0.15, 0.2) is 65.7 Å². The highest BCUT2D eigenvalue weighted by Gasteiger charge is 2.18. The SMILES string of the molecule is CCNC(=NCc1ccc(C(=O)NC)cc1)N1CCN(C/C=C/c2ccccc2)CC1. The minimum atomic E-state index is -0.0696. The molecule has 2 aromatic rings. The minimum Gasteiger partial charge on any atom is -0.357 e. The Morgan fingerprint density at radius 2 is 1.74 bits per heavy atom. The Bertz CT molecular complexity index is 869. The van der Waals surface area contributed by atoms with Crippen LogP contribution in [0.5, 0.6) is 0 Å². The van der Waals surface area contributed by atoms with Crippen LogP contribution in [0.4, 0.5) is 0 Å². The van der Waals surface area contributed by atoms with E-state index in [1.54, 1.807) is 7.05 Å². The molecule has 2 N–H and O–H groups in total. The number of piperazine rings is 1. The molecule has 1 heterocycles. The van der Waals surface area contributed by atoms with Crippen molar-refractivity contribution < 1.29 is 4.79 Å². The van der Waals surface area contributed by atoms with E-state index in [0.717, 1.165) is 50.8 Å². The summed E-state index contributed by atoms with van der Waals surface area (Å²) in [5.41, 5.74) is 3.00. The van der Waals surface area contributed by atoms with Crippen molar-refractivity contribution in [1.82, 2.24) is 20.4 Å². The monoisotopic (exact) mass is 419 g/mol. The average molecular weight is 420 g/mol. The first-order chi connectivity index (χ1) is 15.2. The fourth-order valence-electron chi connectivity index (χ4n) is 3.54. The number of amides is 1. The predicted molar refractivity (Wildman–Crippen MR) is 128 cm³/mol. The molecule has 1 saturated heterocycles. The number of hydrogen-bond acceptors (Lipinski definition) is 3. The molecule has 1 fully saturated rings. The zero-order valence-corrected chi connectivity index (χ0v) is 18.6. The molecular weight excluding hydrogens is 386 g/mol. The van der Waals surface area contributed by atoms with Crippen LogP contribution in [0.2, 0.25) is 0 Å². The summed E-state index contributed by atoms with van der Waals surface area (Å²) in [6.45, 7) is 8.45. The van der Waals surface area contributed by atoms with E-state index in [1.807, 2.05) is 30.3 Å². The van der Waals surface area contributed by atoms with E-state index >= 15 is 0 Å². The van der Waals surface area contributed by atoms with Crippen molar-refractivity contribution in [3.05, 3.63) is 77.4 Å². The van der Waals surface area contributed by atoms with Gasteiger partial charge in [-0.2, -0.15) is 0 Å². The number of carbonyl (C=O) groups excluding carboxylic acids is 1. The highest BCUT2D eigenvalue weighted by Crippen LogP contribution is 2.08. The summed E-state index contributed by atoms with van der Waals surface area (Å²) in [5, 5.41) is 6.06. The Morgan fingerprint density at radius 3 is 2.39 bits per heavy atom. The van der Waals surface area contributed by atoms with Crippen molar-refractivity contribution in [2.24, 2.45) is 4.99 Å². The molecule has 0 unspecified atom stereocenters. The first-order valence-electron chi connectivity index (χ1n) is 11.0. The summed E-state index contributed by atoms with van der Waals surface area (Å²) in [6, 6.07) is 18.0. The van der Waals surface area contributed by atoms with E-state index in [1.165, 1.54) is 5.56 Å². The first-order valence-corrected chi connectivity index (χ1v) is 11.0.